The van der Waals surface area contributed by atoms with Crippen LogP contribution in [0.4, 0.5) is 0 Å². The van der Waals surface area contributed by atoms with E-state index in [2.05, 4.69) is 27.9 Å². The van der Waals surface area contributed by atoms with E-state index in [1.54, 1.807) is 7.05 Å². The highest BCUT2D eigenvalue weighted by Gasteiger charge is 1.98. The smallest absolute Gasteiger partial charge is 0.191 e. The molecule has 2 N–H and O–H groups in total. The Balaban J connectivity index is 0.00000324. The van der Waals surface area contributed by atoms with E-state index in [-0.39, 0.29) is 24.0 Å². The van der Waals surface area contributed by atoms with Crippen molar-refractivity contribution in [3.63, 3.8) is 0 Å². The summed E-state index contributed by atoms with van der Waals surface area (Å²) in [6.45, 7) is 5.23. The number of nitrogens with zero attached hydrogens (tertiary/aromatic N) is 2. The summed E-state index contributed by atoms with van der Waals surface area (Å²) >= 11 is 0. The monoisotopic (exact) mass is 380 g/mol. The van der Waals surface area contributed by atoms with Crippen LogP contribution in [0.3, 0.4) is 0 Å². The van der Waals surface area contributed by atoms with E-state index in [4.69, 9.17) is 4.74 Å². The fraction of sp³-hybridized carbons (Fsp3) is 0.615. The lowest BCUT2D eigenvalue weighted by atomic mass is 10.3. The van der Waals surface area contributed by atoms with Crippen molar-refractivity contribution in [1.29, 1.82) is 0 Å². The molecule has 6 heteroatoms. The van der Waals surface area contributed by atoms with Gasteiger partial charge < -0.3 is 19.9 Å². The minimum Gasteiger partial charge on any atom is -0.382 e. The molecular weight excluding hydrogens is 355 g/mol. The summed E-state index contributed by atoms with van der Waals surface area (Å²) in [6, 6.07) is 2.09. The van der Waals surface area contributed by atoms with E-state index in [0.717, 1.165) is 38.7 Å². The summed E-state index contributed by atoms with van der Waals surface area (Å²) in [5, 5.41) is 6.53. The molecule has 0 saturated heterocycles. The number of aryl methyl sites for hydroxylation is 1. The van der Waals surface area contributed by atoms with Crippen molar-refractivity contribution in [2.75, 3.05) is 26.8 Å². The Morgan fingerprint density at radius 1 is 1.42 bits per heavy atom. The molecule has 0 aliphatic carbocycles. The maximum absolute atomic E-state index is 5.28. The fourth-order valence-corrected chi connectivity index (χ4v) is 1.60. The van der Waals surface area contributed by atoms with E-state index in [0.29, 0.717) is 0 Å². The van der Waals surface area contributed by atoms with E-state index < -0.39 is 0 Å². The van der Waals surface area contributed by atoms with Crippen LogP contribution in [-0.4, -0.2) is 37.3 Å². The predicted molar refractivity (Wildman–Crippen MR) is 90.1 cm³/mol. The molecule has 0 saturated carbocycles. The molecule has 0 unspecified atom stereocenters. The van der Waals surface area contributed by atoms with Gasteiger partial charge in [0.15, 0.2) is 5.96 Å². The van der Waals surface area contributed by atoms with Gasteiger partial charge in [-0.1, -0.05) is 0 Å². The summed E-state index contributed by atoms with van der Waals surface area (Å²) in [5.41, 5.74) is 1.25. The first-order chi connectivity index (χ1) is 8.76. The van der Waals surface area contributed by atoms with Gasteiger partial charge in [0.1, 0.15) is 0 Å². The molecule has 0 amide bonds. The maximum atomic E-state index is 5.28. The summed E-state index contributed by atoms with van der Waals surface area (Å²) in [7, 11) is 3.80. The molecule has 5 nitrogen and oxygen atoms in total. The van der Waals surface area contributed by atoms with Crippen molar-refractivity contribution in [2.24, 2.45) is 12.0 Å². The van der Waals surface area contributed by atoms with Crippen LogP contribution in [-0.2, 0) is 18.3 Å². The highest BCUT2D eigenvalue weighted by Crippen LogP contribution is 1.98. The van der Waals surface area contributed by atoms with Crippen molar-refractivity contribution in [3.05, 3.63) is 24.0 Å². The molecule has 1 rings (SSSR count). The molecule has 1 aromatic heterocycles. The van der Waals surface area contributed by atoms with Crippen LogP contribution in [0.2, 0.25) is 0 Å². The van der Waals surface area contributed by atoms with E-state index >= 15 is 0 Å². The van der Waals surface area contributed by atoms with E-state index in [1.807, 2.05) is 24.7 Å². The molecular formula is C13H25IN4O. The zero-order valence-corrected chi connectivity index (χ0v) is 14.3. The standard InChI is InChI=1S/C13H24N4O.HI/c1-4-18-9-5-7-15-13(14-2)16-10-12-6-8-17(3)11-12;/h6,8,11H,4-5,7,9-10H2,1-3H3,(H2,14,15,16);1H. The van der Waals surface area contributed by atoms with Crippen molar-refractivity contribution in [1.82, 2.24) is 15.2 Å². The average Bonchev–Trinajstić information content (AvgIpc) is 2.78. The molecule has 110 valence electrons. The first-order valence-corrected chi connectivity index (χ1v) is 6.39. The first-order valence-electron chi connectivity index (χ1n) is 6.39. The molecule has 0 aliphatic rings. The van der Waals surface area contributed by atoms with Crippen LogP contribution >= 0.6 is 24.0 Å². The number of halogens is 1. The number of hydrogen-bond donors (Lipinski definition) is 2. The summed E-state index contributed by atoms with van der Waals surface area (Å²) < 4.78 is 7.31. The van der Waals surface area contributed by atoms with Gasteiger partial charge >= 0.3 is 0 Å². The third kappa shape index (κ3) is 8.10. The second kappa shape index (κ2) is 11.1. The van der Waals surface area contributed by atoms with Gasteiger partial charge in [0, 0.05) is 52.8 Å². The Hall–Kier alpha value is -0.760. The second-order valence-electron chi connectivity index (χ2n) is 4.09. The van der Waals surface area contributed by atoms with Gasteiger partial charge in [-0.3, -0.25) is 4.99 Å². The third-order valence-corrected chi connectivity index (χ3v) is 2.54. The Morgan fingerprint density at radius 3 is 2.79 bits per heavy atom. The molecule has 0 spiro atoms. The number of ether oxygens (including phenoxy) is 1. The number of nitrogens with one attached hydrogen (secondary N) is 2. The normalized spacial score (nSPS) is 11.0. The molecule has 19 heavy (non-hydrogen) atoms. The van der Waals surface area contributed by atoms with Crippen molar-refractivity contribution in [3.8, 4) is 0 Å². The van der Waals surface area contributed by atoms with Crippen LogP contribution < -0.4 is 10.6 Å². The Morgan fingerprint density at radius 2 is 2.21 bits per heavy atom. The van der Waals surface area contributed by atoms with Crippen LogP contribution in [0.1, 0.15) is 18.9 Å². The average molecular weight is 380 g/mol. The molecule has 1 heterocycles. The van der Waals surface area contributed by atoms with E-state index in [1.165, 1.54) is 5.56 Å². The lowest BCUT2D eigenvalue weighted by Crippen LogP contribution is -2.37. The van der Waals surface area contributed by atoms with Gasteiger partial charge in [0.25, 0.3) is 0 Å². The number of hydrogen-bond acceptors (Lipinski definition) is 2. The lowest BCUT2D eigenvalue weighted by Gasteiger charge is -2.11. The van der Waals surface area contributed by atoms with Gasteiger partial charge in [-0.25, -0.2) is 0 Å². The number of rotatable bonds is 7. The second-order valence-corrected chi connectivity index (χ2v) is 4.09. The van der Waals surface area contributed by atoms with Crippen molar-refractivity contribution in [2.45, 2.75) is 19.9 Å². The molecule has 0 aromatic carbocycles. The molecule has 0 atom stereocenters. The molecule has 0 fully saturated rings. The topological polar surface area (TPSA) is 50.6 Å². The quantitative estimate of drug-likeness (QED) is 0.328. The van der Waals surface area contributed by atoms with Gasteiger partial charge in [-0.05, 0) is 25.0 Å². The Bertz CT molecular complexity index is 365. The summed E-state index contributed by atoms with van der Waals surface area (Å²) in [5.74, 6) is 0.829. The molecule has 0 bridgehead atoms. The van der Waals surface area contributed by atoms with Gasteiger partial charge in [0.05, 0.1) is 0 Å². The first kappa shape index (κ1) is 18.2. The fourth-order valence-electron chi connectivity index (χ4n) is 1.60. The minimum absolute atomic E-state index is 0. The predicted octanol–water partition coefficient (Wildman–Crippen LogP) is 1.73. The van der Waals surface area contributed by atoms with Gasteiger partial charge in [0.2, 0.25) is 0 Å². The minimum atomic E-state index is 0. The zero-order chi connectivity index (χ0) is 13.2. The van der Waals surface area contributed by atoms with Crippen LogP contribution in [0.5, 0.6) is 0 Å². The maximum Gasteiger partial charge on any atom is 0.191 e. The van der Waals surface area contributed by atoms with Crippen molar-refractivity contribution < 1.29 is 4.74 Å². The van der Waals surface area contributed by atoms with E-state index in [9.17, 15) is 0 Å². The van der Waals surface area contributed by atoms with Gasteiger partial charge in [-0.2, -0.15) is 0 Å². The largest absolute Gasteiger partial charge is 0.382 e. The van der Waals surface area contributed by atoms with Crippen LogP contribution in [0.15, 0.2) is 23.5 Å². The van der Waals surface area contributed by atoms with Crippen molar-refractivity contribution >= 4 is 29.9 Å². The number of guanidine groups is 1. The van der Waals surface area contributed by atoms with Crippen LogP contribution in [0, 0.1) is 0 Å². The Labute approximate surface area is 132 Å². The van der Waals surface area contributed by atoms with Crippen LogP contribution in [0.25, 0.3) is 0 Å². The SMILES string of the molecule is CCOCCCNC(=NC)NCc1ccn(C)c1.I. The molecule has 0 aliphatic heterocycles. The Kier molecular flexibility index (Phi) is 10.7. The highest BCUT2D eigenvalue weighted by atomic mass is 127. The number of aliphatic imine (C=N–C) groups is 1. The zero-order valence-electron chi connectivity index (χ0n) is 12.0. The summed E-state index contributed by atoms with van der Waals surface area (Å²) in [6.07, 6.45) is 5.12. The third-order valence-electron chi connectivity index (χ3n) is 2.54. The molecule has 1 aromatic rings. The summed E-state index contributed by atoms with van der Waals surface area (Å²) in [4.78, 5) is 4.17. The highest BCUT2D eigenvalue weighted by molar-refractivity contribution is 14.0. The lowest BCUT2D eigenvalue weighted by molar-refractivity contribution is 0.145. The van der Waals surface area contributed by atoms with Gasteiger partial charge in [-0.15, -0.1) is 24.0 Å². The number of aromatic nitrogens is 1. The molecule has 0 radical (unpaired) electrons.